The molecule has 0 amide bonds. The molecular weight excluding hydrogens is 246 g/mol. The Hall–Kier alpha value is -0.830. The van der Waals surface area contributed by atoms with Gasteiger partial charge in [-0.15, -0.1) is 0 Å². The highest BCUT2D eigenvalue weighted by molar-refractivity contribution is 4.99. The van der Waals surface area contributed by atoms with E-state index < -0.39 is 0 Å². The lowest BCUT2D eigenvalue weighted by molar-refractivity contribution is 0.424. The van der Waals surface area contributed by atoms with Crippen LogP contribution in [0.1, 0.15) is 83.9 Å². The molecule has 0 atom stereocenters. The van der Waals surface area contributed by atoms with Gasteiger partial charge in [-0.1, -0.05) is 52.9 Å². The Labute approximate surface area is 125 Å². The van der Waals surface area contributed by atoms with Crippen LogP contribution in [0.2, 0.25) is 0 Å². The van der Waals surface area contributed by atoms with E-state index in [1.165, 1.54) is 44.2 Å². The van der Waals surface area contributed by atoms with E-state index >= 15 is 0 Å². The minimum absolute atomic E-state index is 0.558. The summed E-state index contributed by atoms with van der Waals surface area (Å²) in [7, 11) is 0. The summed E-state index contributed by atoms with van der Waals surface area (Å²) >= 11 is 0. The Morgan fingerprint density at radius 3 is 2.45 bits per heavy atom. The lowest BCUT2D eigenvalue weighted by Crippen LogP contribution is -2.16. The van der Waals surface area contributed by atoms with E-state index in [1.54, 1.807) is 0 Å². The average molecular weight is 279 g/mol. The minimum atomic E-state index is 0.558. The molecule has 1 aromatic heterocycles. The molecule has 0 radical (unpaired) electrons. The van der Waals surface area contributed by atoms with Crippen LogP contribution in [0, 0.1) is 0 Å². The highest BCUT2D eigenvalue weighted by Gasteiger charge is 2.07. The summed E-state index contributed by atoms with van der Waals surface area (Å²) in [4.78, 5) is 0. The van der Waals surface area contributed by atoms with Gasteiger partial charge >= 0.3 is 0 Å². The number of hydrogen-bond acceptors (Lipinski definition) is 2. The van der Waals surface area contributed by atoms with Crippen LogP contribution in [0.25, 0.3) is 0 Å². The van der Waals surface area contributed by atoms with Gasteiger partial charge in [-0.2, -0.15) is 5.10 Å². The Kier molecular flexibility index (Phi) is 9.38. The van der Waals surface area contributed by atoms with Crippen LogP contribution in [-0.4, -0.2) is 16.3 Å². The van der Waals surface area contributed by atoms with Gasteiger partial charge in [0.25, 0.3) is 0 Å². The van der Waals surface area contributed by atoms with Crippen molar-refractivity contribution < 1.29 is 0 Å². The molecule has 0 aliphatic heterocycles. The summed E-state index contributed by atoms with van der Waals surface area (Å²) in [6, 6.07) is 2.70. The Morgan fingerprint density at radius 2 is 1.75 bits per heavy atom. The fourth-order valence-corrected chi connectivity index (χ4v) is 2.58. The molecule has 20 heavy (non-hydrogen) atoms. The SMILES string of the molecule is CCCCCCCCNCc1ccn(C(CC)CC)n1. The first-order valence-electron chi connectivity index (χ1n) is 8.56. The van der Waals surface area contributed by atoms with Crippen LogP contribution in [-0.2, 0) is 6.54 Å². The molecule has 0 unspecified atom stereocenters. The van der Waals surface area contributed by atoms with Crippen molar-refractivity contribution in [2.45, 2.75) is 84.7 Å². The maximum absolute atomic E-state index is 4.66. The summed E-state index contributed by atoms with van der Waals surface area (Å²) < 4.78 is 2.13. The molecule has 0 spiro atoms. The van der Waals surface area contributed by atoms with Crippen molar-refractivity contribution in [2.75, 3.05) is 6.54 Å². The molecule has 1 heterocycles. The smallest absolute Gasteiger partial charge is 0.0762 e. The van der Waals surface area contributed by atoms with E-state index in [4.69, 9.17) is 0 Å². The Bertz CT molecular complexity index is 329. The highest BCUT2D eigenvalue weighted by atomic mass is 15.3. The van der Waals surface area contributed by atoms with Crippen molar-refractivity contribution in [1.29, 1.82) is 0 Å². The van der Waals surface area contributed by atoms with E-state index in [0.717, 1.165) is 25.9 Å². The number of nitrogens with zero attached hydrogens (tertiary/aromatic N) is 2. The summed E-state index contributed by atoms with van der Waals surface area (Å²) in [5, 5.41) is 8.17. The molecule has 0 saturated carbocycles. The number of unbranched alkanes of at least 4 members (excludes halogenated alkanes) is 5. The molecule has 1 aromatic rings. The molecule has 3 nitrogen and oxygen atoms in total. The van der Waals surface area contributed by atoms with Crippen LogP contribution in [0.15, 0.2) is 12.3 Å². The van der Waals surface area contributed by atoms with E-state index in [9.17, 15) is 0 Å². The number of rotatable bonds is 12. The minimum Gasteiger partial charge on any atom is -0.311 e. The number of hydrogen-bond donors (Lipinski definition) is 1. The summed E-state index contributed by atoms with van der Waals surface area (Å²) in [6.45, 7) is 8.74. The van der Waals surface area contributed by atoms with E-state index in [-0.39, 0.29) is 0 Å². The molecule has 0 bridgehead atoms. The van der Waals surface area contributed by atoms with Gasteiger partial charge in [0.2, 0.25) is 0 Å². The van der Waals surface area contributed by atoms with Crippen LogP contribution in [0.5, 0.6) is 0 Å². The van der Waals surface area contributed by atoms with Gasteiger partial charge in [-0.3, -0.25) is 4.68 Å². The number of nitrogens with one attached hydrogen (secondary N) is 1. The summed E-state index contributed by atoms with van der Waals surface area (Å²) in [5.41, 5.74) is 1.17. The highest BCUT2D eigenvalue weighted by Crippen LogP contribution is 2.14. The van der Waals surface area contributed by atoms with Crippen LogP contribution >= 0.6 is 0 Å². The first-order valence-corrected chi connectivity index (χ1v) is 8.56. The molecule has 0 aliphatic rings. The van der Waals surface area contributed by atoms with Crippen molar-refractivity contribution in [1.82, 2.24) is 15.1 Å². The zero-order valence-electron chi connectivity index (χ0n) is 13.7. The second kappa shape index (κ2) is 10.9. The van der Waals surface area contributed by atoms with Gasteiger partial charge in [0, 0.05) is 12.7 Å². The molecule has 0 aliphatic carbocycles. The lowest BCUT2D eigenvalue weighted by Gasteiger charge is -2.12. The van der Waals surface area contributed by atoms with Gasteiger partial charge in [-0.25, -0.2) is 0 Å². The Morgan fingerprint density at radius 1 is 1.05 bits per heavy atom. The average Bonchev–Trinajstić information content (AvgIpc) is 2.92. The standard InChI is InChI=1S/C17H33N3/c1-4-7-8-9-10-11-13-18-15-16-12-14-20(19-16)17(5-2)6-3/h12,14,17-18H,4-11,13,15H2,1-3H3. The molecule has 0 aromatic carbocycles. The fraction of sp³-hybridized carbons (Fsp3) is 0.824. The van der Waals surface area contributed by atoms with Crippen molar-refractivity contribution in [3.63, 3.8) is 0 Å². The van der Waals surface area contributed by atoms with Gasteiger partial charge < -0.3 is 5.32 Å². The van der Waals surface area contributed by atoms with Gasteiger partial charge in [0.1, 0.15) is 0 Å². The summed E-state index contributed by atoms with van der Waals surface area (Å²) in [6.07, 6.45) is 12.6. The molecule has 1 rings (SSSR count). The molecule has 116 valence electrons. The third kappa shape index (κ3) is 6.56. The lowest BCUT2D eigenvalue weighted by atomic mass is 10.1. The third-order valence-electron chi connectivity index (χ3n) is 3.99. The Balaban J connectivity index is 2.10. The van der Waals surface area contributed by atoms with E-state index in [2.05, 4.69) is 48.1 Å². The number of aromatic nitrogens is 2. The molecule has 3 heteroatoms. The van der Waals surface area contributed by atoms with Gasteiger partial charge in [0.15, 0.2) is 0 Å². The molecule has 0 saturated heterocycles. The first kappa shape index (κ1) is 17.2. The van der Waals surface area contributed by atoms with Crippen LogP contribution in [0.4, 0.5) is 0 Å². The molecule has 0 fully saturated rings. The van der Waals surface area contributed by atoms with Crippen molar-refractivity contribution in [2.24, 2.45) is 0 Å². The fourth-order valence-electron chi connectivity index (χ4n) is 2.58. The van der Waals surface area contributed by atoms with Crippen LogP contribution < -0.4 is 5.32 Å². The topological polar surface area (TPSA) is 29.9 Å². The maximum atomic E-state index is 4.66. The third-order valence-corrected chi connectivity index (χ3v) is 3.99. The van der Waals surface area contributed by atoms with Crippen LogP contribution in [0.3, 0.4) is 0 Å². The van der Waals surface area contributed by atoms with Crippen molar-refractivity contribution in [3.8, 4) is 0 Å². The zero-order chi connectivity index (χ0) is 14.6. The van der Waals surface area contributed by atoms with E-state index in [0.29, 0.717) is 6.04 Å². The second-order valence-electron chi connectivity index (χ2n) is 5.70. The van der Waals surface area contributed by atoms with Crippen molar-refractivity contribution >= 4 is 0 Å². The van der Waals surface area contributed by atoms with E-state index in [1.807, 2.05) is 0 Å². The summed E-state index contributed by atoms with van der Waals surface area (Å²) in [5.74, 6) is 0. The first-order chi connectivity index (χ1) is 9.81. The zero-order valence-corrected chi connectivity index (χ0v) is 13.7. The molecular formula is C17H33N3. The van der Waals surface area contributed by atoms with Gasteiger partial charge in [0.05, 0.1) is 11.7 Å². The van der Waals surface area contributed by atoms with Crippen molar-refractivity contribution in [3.05, 3.63) is 18.0 Å². The maximum Gasteiger partial charge on any atom is 0.0762 e. The predicted octanol–water partition coefficient (Wildman–Crippen LogP) is 4.69. The predicted molar refractivity (Wildman–Crippen MR) is 86.9 cm³/mol. The molecule has 1 N–H and O–H groups in total. The quantitative estimate of drug-likeness (QED) is 0.562. The monoisotopic (exact) mass is 279 g/mol. The largest absolute Gasteiger partial charge is 0.311 e. The van der Waals surface area contributed by atoms with Gasteiger partial charge in [-0.05, 0) is 31.9 Å². The second-order valence-corrected chi connectivity index (χ2v) is 5.70. The normalized spacial score (nSPS) is 11.4.